The largest absolute Gasteiger partial charge is 0.479 e. The van der Waals surface area contributed by atoms with Gasteiger partial charge in [-0.2, -0.15) is 0 Å². The van der Waals surface area contributed by atoms with Gasteiger partial charge >= 0.3 is 0 Å². The third-order valence-corrected chi connectivity index (χ3v) is 5.19. The van der Waals surface area contributed by atoms with Crippen LogP contribution in [0.2, 0.25) is 15.1 Å². The van der Waals surface area contributed by atoms with Crippen molar-refractivity contribution in [3.8, 4) is 17.2 Å². The fraction of sp³-hybridized carbons (Fsp3) is 0.0909. The molecule has 0 bridgehead atoms. The average molecular weight is 462 g/mol. The lowest BCUT2D eigenvalue weighted by molar-refractivity contribution is -0.122. The molecular weight excluding hydrogens is 447 g/mol. The quantitative estimate of drug-likeness (QED) is 0.352. The molecule has 1 heterocycles. The van der Waals surface area contributed by atoms with Crippen LogP contribution >= 0.6 is 34.8 Å². The number of ether oxygens (including phenoxy) is 1. The molecule has 0 aliphatic rings. The number of nitrogens with one attached hydrogen (secondary N) is 1. The lowest BCUT2D eigenvalue weighted by Crippen LogP contribution is -2.30. The number of anilines is 1. The number of benzene rings is 3. The van der Waals surface area contributed by atoms with Crippen LogP contribution in [-0.2, 0) is 4.79 Å². The van der Waals surface area contributed by atoms with E-state index < -0.39 is 6.10 Å². The van der Waals surface area contributed by atoms with Crippen LogP contribution in [0.25, 0.3) is 22.6 Å². The number of oxazole rings is 1. The maximum absolute atomic E-state index is 12.6. The third-order valence-electron chi connectivity index (χ3n) is 4.33. The number of hydrogen-bond acceptors (Lipinski definition) is 4. The topological polar surface area (TPSA) is 64.4 Å². The van der Waals surface area contributed by atoms with Crippen LogP contribution in [0.1, 0.15) is 6.92 Å². The van der Waals surface area contributed by atoms with Crippen molar-refractivity contribution in [3.05, 3.63) is 75.7 Å². The average Bonchev–Trinajstić information content (AvgIpc) is 3.15. The Labute approximate surface area is 187 Å². The first-order chi connectivity index (χ1) is 14.4. The number of halogens is 3. The standard InChI is InChI=1S/C22H15Cl3N2O3/c1-12(29-19-9-6-13(23)10-17(19)25)21(28)26-14-7-8-16(24)15(11-14)22-27-18-4-2-3-5-20(18)30-22/h2-12H,1H3,(H,26,28). The Morgan fingerprint density at radius 1 is 1.03 bits per heavy atom. The first kappa shape index (κ1) is 20.5. The predicted molar refractivity (Wildman–Crippen MR) is 120 cm³/mol. The SMILES string of the molecule is CC(Oc1ccc(Cl)cc1Cl)C(=O)Nc1ccc(Cl)c(-c2nc3ccccc3o2)c1. The van der Waals surface area contributed by atoms with Gasteiger partial charge in [0.1, 0.15) is 11.3 Å². The Morgan fingerprint density at radius 2 is 1.83 bits per heavy atom. The second-order valence-electron chi connectivity index (χ2n) is 6.51. The number of amides is 1. The molecule has 1 N–H and O–H groups in total. The maximum atomic E-state index is 12.6. The molecule has 0 saturated heterocycles. The number of rotatable bonds is 5. The van der Waals surface area contributed by atoms with E-state index in [1.54, 1.807) is 43.3 Å². The van der Waals surface area contributed by atoms with Crippen molar-refractivity contribution in [3.63, 3.8) is 0 Å². The summed E-state index contributed by atoms with van der Waals surface area (Å²) >= 11 is 18.3. The summed E-state index contributed by atoms with van der Waals surface area (Å²) in [6.07, 6.45) is -0.799. The van der Waals surface area contributed by atoms with Crippen LogP contribution in [-0.4, -0.2) is 17.0 Å². The van der Waals surface area contributed by atoms with Gasteiger partial charge in [0.25, 0.3) is 5.91 Å². The summed E-state index contributed by atoms with van der Waals surface area (Å²) in [7, 11) is 0. The molecule has 1 aromatic heterocycles. The predicted octanol–water partition coefficient (Wildman–Crippen LogP) is 6.86. The Balaban J connectivity index is 1.53. The maximum Gasteiger partial charge on any atom is 0.265 e. The molecule has 0 spiro atoms. The lowest BCUT2D eigenvalue weighted by Gasteiger charge is -2.16. The summed E-state index contributed by atoms with van der Waals surface area (Å²) in [6, 6.07) is 17.3. The summed E-state index contributed by atoms with van der Waals surface area (Å²) in [4.78, 5) is 17.0. The van der Waals surface area contributed by atoms with E-state index in [0.29, 0.717) is 43.5 Å². The van der Waals surface area contributed by atoms with E-state index in [9.17, 15) is 4.79 Å². The van der Waals surface area contributed by atoms with E-state index in [2.05, 4.69) is 10.3 Å². The minimum atomic E-state index is -0.799. The van der Waals surface area contributed by atoms with E-state index in [0.717, 1.165) is 5.52 Å². The summed E-state index contributed by atoms with van der Waals surface area (Å²) in [5.41, 5.74) is 2.47. The Kier molecular flexibility index (Phi) is 5.86. The first-order valence-electron chi connectivity index (χ1n) is 8.99. The minimum absolute atomic E-state index is 0.326. The van der Waals surface area contributed by atoms with Gasteiger partial charge in [0.2, 0.25) is 5.89 Å². The normalized spacial score (nSPS) is 12.0. The van der Waals surface area contributed by atoms with Gasteiger partial charge in [0.15, 0.2) is 11.7 Å². The second kappa shape index (κ2) is 8.56. The second-order valence-corrected chi connectivity index (χ2v) is 7.76. The molecule has 4 aromatic rings. The van der Waals surface area contributed by atoms with Crippen LogP contribution in [0.4, 0.5) is 5.69 Å². The van der Waals surface area contributed by atoms with Crippen molar-refractivity contribution < 1.29 is 13.9 Å². The number of carbonyl (C=O) groups excluding carboxylic acids is 1. The molecule has 152 valence electrons. The molecule has 1 unspecified atom stereocenters. The van der Waals surface area contributed by atoms with Crippen molar-refractivity contribution in [1.29, 1.82) is 0 Å². The van der Waals surface area contributed by atoms with Crippen LogP contribution in [0.3, 0.4) is 0 Å². The molecule has 0 radical (unpaired) electrons. The van der Waals surface area contributed by atoms with Crippen molar-refractivity contribution >= 4 is 57.5 Å². The van der Waals surface area contributed by atoms with E-state index in [4.69, 9.17) is 44.0 Å². The van der Waals surface area contributed by atoms with E-state index in [-0.39, 0.29) is 5.91 Å². The zero-order valence-electron chi connectivity index (χ0n) is 15.7. The van der Waals surface area contributed by atoms with Crippen molar-refractivity contribution in [2.24, 2.45) is 0 Å². The Bertz CT molecular complexity index is 1210. The molecule has 0 fully saturated rings. The van der Waals surface area contributed by atoms with Crippen LogP contribution in [0, 0.1) is 0 Å². The zero-order chi connectivity index (χ0) is 21.3. The Hall–Kier alpha value is -2.73. The zero-order valence-corrected chi connectivity index (χ0v) is 17.9. The molecule has 3 aromatic carbocycles. The van der Waals surface area contributed by atoms with Gasteiger partial charge in [0.05, 0.1) is 15.6 Å². The highest BCUT2D eigenvalue weighted by Crippen LogP contribution is 2.32. The monoisotopic (exact) mass is 460 g/mol. The minimum Gasteiger partial charge on any atom is -0.479 e. The Morgan fingerprint density at radius 3 is 2.60 bits per heavy atom. The molecule has 1 atom stereocenters. The van der Waals surface area contributed by atoms with Gasteiger partial charge in [-0.05, 0) is 55.5 Å². The molecule has 0 aliphatic heterocycles. The van der Waals surface area contributed by atoms with Crippen molar-refractivity contribution in [1.82, 2.24) is 4.98 Å². The summed E-state index contributed by atoms with van der Waals surface area (Å²) < 4.78 is 11.4. The van der Waals surface area contributed by atoms with Crippen LogP contribution in [0.5, 0.6) is 5.75 Å². The third kappa shape index (κ3) is 4.38. The molecule has 0 saturated carbocycles. The van der Waals surface area contributed by atoms with Crippen molar-refractivity contribution in [2.75, 3.05) is 5.32 Å². The fourth-order valence-corrected chi connectivity index (χ4v) is 3.46. The number of para-hydroxylation sites is 2. The molecule has 8 heteroatoms. The molecule has 30 heavy (non-hydrogen) atoms. The number of aromatic nitrogens is 1. The van der Waals surface area contributed by atoms with Crippen molar-refractivity contribution in [2.45, 2.75) is 13.0 Å². The highest BCUT2D eigenvalue weighted by Gasteiger charge is 2.18. The summed E-state index contributed by atoms with van der Waals surface area (Å²) in [6.45, 7) is 1.62. The highest BCUT2D eigenvalue weighted by atomic mass is 35.5. The summed E-state index contributed by atoms with van der Waals surface area (Å²) in [5.74, 6) is 0.383. The lowest BCUT2D eigenvalue weighted by atomic mass is 10.2. The fourth-order valence-electron chi connectivity index (χ4n) is 2.81. The number of carbonyl (C=O) groups is 1. The molecule has 5 nitrogen and oxygen atoms in total. The van der Waals surface area contributed by atoms with Gasteiger partial charge in [-0.25, -0.2) is 4.98 Å². The number of hydrogen-bond donors (Lipinski definition) is 1. The molecule has 0 aliphatic carbocycles. The van der Waals surface area contributed by atoms with Gasteiger partial charge in [-0.1, -0.05) is 46.9 Å². The van der Waals surface area contributed by atoms with Gasteiger partial charge in [0, 0.05) is 10.7 Å². The van der Waals surface area contributed by atoms with Gasteiger partial charge in [-0.15, -0.1) is 0 Å². The molecule has 1 amide bonds. The van der Waals surface area contributed by atoms with E-state index >= 15 is 0 Å². The smallest absolute Gasteiger partial charge is 0.265 e. The van der Waals surface area contributed by atoms with Gasteiger partial charge < -0.3 is 14.5 Å². The van der Waals surface area contributed by atoms with E-state index in [1.807, 2.05) is 24.3 Å². The highest BCUT2D eigenvalue weighted by molar-refractivity contribution is 6.35. The first-order valence-corrected chi connectivity index (χ1v) is 10.1. The van der Waals surface area contributed by atoms with Gasteiger partial charge in [-0.3, -0.25) is 4.79 Å². The molecular formula is C22H15Cl3N2O3. The van der Waals surface area contributed by atoms with Crippen LogP contribution < -0.4 is 10.1 Å². The number of fused-ring (bicyclic) bond motifs is 1. The number of nitrogens with zero attached hydrogens (tertiary/aromatic N) is 1. The molecule has 4 rings (SSSR count). The van der Waals surface area contributed by atoms with Crippen LogP contribution in [0.15, 0.2) is 65.1 Å². The van der Waals surface area contributed by atoms with E-state index in [1.165, 1.54) is 0 Å². The summed E-state index contributed by atoms with van der Waals surface area (Å²) in [5, 5.41) is 4.07.